The van der Waals surface area contributed by atoms with Gasteiger partial charge in [-0.25, -0.2) is 0 Å². The van der Waals surface area contributed by atoms with Gasteiger partial charge in [-0.1, -0.05) is 53.7 Å². The molecule has 166 valence electrons. The molecule has 1 aromatic heterocycles. The lowest BCUT2D eigenvalue weighted by Crippen LogP contribution is -2.27. The van der Waals surface area contributed by atoms with Gasteiger partial charge in [0.05, 0.1) is 18.7 Å². The van der Waals surface area contributed by atoms with Crippen molar-refractivity contribution in [3.05, 3.63) is 100 Å². The van der Waals surface area contributed by atoms with Crippen LogP contribution in [0, 0.1) is 13.8 Å². The van der Waals surface area contributed by atoms with E-state index in [-0.39, 0.29) is 31.4 Å². The van der Waals surface area contributed by atoms with E-state index in [0.717, 1.165) is 33.5 Å². The lowest BCUT2D eigenvalue weighted by atomic mass is 9.83. The Morgan fingerprint density at radius 2 is 1.84 bits per heavy atom. The van der Waals surface area contributed by atoms with Gasteiger partial charge in [0.25, 0.3) is 0 Å². The monoisotopic (exact) mass is 431 g/mol. The van der Waals surface area contributed by atoms with E-state index in [0.29, 0.717) is 12.1 Å². The summed E-state index contributed by atoms with van der Waals surface area (Å²) in [7, 11) is 0. The van der Waals surface area contributed by atoms with Crippen LogP contribution < -0.4 is 5.32 Å². The summed E-state index contributed by atoms with van der Waals surface area (Å²) in [4.78, 5) is 16.2. The third-order valence-corrected chi connectivity index (χ3v) is 5.49. The van der Waals surface area contributed by atoms with Gasteiger partial charge < -0.3 is 15.6 Å². The van der Waals surface area contributed by atoms with Crippen LogP contribution in [0.25, 0.3) is 0 Å². The molecule has 6 heteroatoms. The highest BCUT2D eigenvalue weighted by molar-refractivity contribution is 6.01. The Kier molecular flexibility index (Phi) is 8.11. The van der Waals surface area contributed by atoms with Crippen LogP contribution in [0.1, 0.15) is 45.8 Å². The fraction of sp³-hybridized carbons (Fsp3) is 0.269. The second-order valence-electron chi connectivity index (χ2n) is 7.84. The van der Waals surface area contributed by atoms with E-state index in [9.17, 15) is 10.0 Å². The first-order chi connectivity index (χ1) is 15.5. The summed E-state index contributed by atoms with van der Waals surface area (Å²) >= 11 is 0. The highest BCUT2D eigenvalue weighted by Crippen LogP contribution is 2.32. The molecule has 0 spiro atoms. The molecule has 0 saturated carbocycles. The van der Waals surface area contributed by atoms with Crippen LogP contribution in [-0.2, 0) is 11.2 Å². The number of benzene rings is 2. The summed E-state index contributed by atoms with van der Waals surface area (Å²) in [6.07, 6.45) is 2.49. The zero-order valence-corrected chi connectivity index (χ0v) is 18.5. The SMILES string of the molecule is Cc1cc(C(CC(c2ccc(CC(=O)NCCO)cc2)c2ccccc2C)=NO)ccn1. The molecule has 0 fully saturated rings. The van der Waals surface area contributed by atoms with E-state index in [2.05, 4.69) is 34.5 Å². The van der Waals surface area contributed by atoms with Crippen LogP contribution in [0.3, 0.4) is 0 Å². The van der Waals surface area contributed by atoms with Gasteiger partial charge in [0.1, 0.15) is 0 Å². The third kappa shape index (κ3) is 6.02. The van der Waals surface area contributed by atoms with E-state index < -0.39 is 0 Å². The number of oxime groups is 1. The minimum absolute atomic E-state index is 0.0205. The number of nitrogens with one attached hydrogen (secondary N) is 1. The third-order valence-electron chi connectivity index (χ3n) is 5.49. The molecule has 1 unspecified atom stereocenters. The molecular weight excluding hydrogens is 402 g/mol. The maximum atomic E-state index is 12.0. The first kappa shape index (κ1) is 23.2. The fourth-order valence-electron chi connectivity index (χ4n) is 3.83. The van der Waals surface area contributed by atoms with Crippen molar-refractivity contribution in [1.82, 2.24) is 10.3 Å². The number of aliphatic hydroxyl groups is 1. The van der Waals surface area contributed by atoms with Gasteiger partial charge in [0, 0.05) is 36.3 Å². The Morgan fingerprint density at radius 1 is 1.09 bits per heavy atom. The summed E-state index contributed by atoms with van der Waals surface area (Å²) in [5.74, 6) is -0.141. The number of aliphatic hydroxyl groups excluding tert-OH is 1. The normalized spacial score (nSPS) is 12.4. The number of pyridine rings is 1. The molecule has 2 aromatic carbocycles. The lowest BCUT2D eigenvalue weighted by molar-refractivity contribution is -0.120. The van der Waals surface area contributed by atoms with Crippen molar-refractivity contribution in [2.24, 2.45) is 5.16 Å². The number of aromatic nitrogens is 1. The van der Waals surface area contributed by atoms with E-state index in [1.165, 1.54) is 0 Å². The topological polar surface area (TPSA) is 94.8 Å². The first-order valence-corrected chi connectivity index (χ1v) is 10.7. The van der Waals surface area contributed by atoms with Crippen LogP contribution in [0.2, 0.25) is 0 Å². The van der Waals surface area contributed by atoms with E-state index >= 15 is 0 Å². The molecule has 32 heavy (non-hydrogen) atoms. The lowest BCUT2D eigenvalue weighted by Gasteiger charge is -2.21. The Balaban J connectivity index is 1.90. The molecule has 1 atom stereocenters. The maximum absolute atomic E-state index is 12.0. The zero-order valence-electron chi connectivity index (χ0n) is 18.5. The fourth-order valence-corrected chi connectivity index (χ4v) is 3.83. The summed E-state index contributed by atoms with van der Waals surface area (Å²) in [5.41, 5.74) is 6.59. The van der Waals surface area contributed by atoms with Crippen LogP contribution in [0.4, 0.5) is 0 Å². The van der Waals surface area contributed by atoms with Gasteiger partial charge in [-0.3, -0.25) is 9.78 Å². The molecule has 3 rings (SSSR count). The minimum atomic E-state index is -0.120. The Morgan fingerprint density at radius 3 is 2.50 bits per heavy atom. The number of carbonyl (C=O) groups is 1. The molecule has 0 aliphatic rings. The van der Waals surface area contributed by atoms with E-state index in [4.69, 9.17) is 5.11 Å². The number of carbonyl (C=O) groups excluding carboxylic acids is 1. The van der Waals surface area contributed by atoms with Crippen molar-refractivity contribution in [2.45, 2.75) is 32.6 Å². The van der Waals surface area contributed by atoms with Crippen LogP contribution >= 0.6 is 0 Å². The Bertz CT molecular complexity index is 1080. The Hall–Kier alpha value is -3.51. The van der Waals surface area contributed by atoms with Crippen LogP contribution in [-0.4, -0.2) is 40.1 Å². The van der Waals surface area contributed by atoms with Gasteiger partial charge >= 0.3 is 0 Å². The van der Waals surface area contributed by atoms with Crippen molar-refractivity contribution >= 4 is 11.6 Å². The largest absolute Gasteiger partial charge is 0.411 e. The van der Waals surface area contributed by atoms with Crippen LogP contribution in [0.15, 0.2) is 72.0 Å². The predicted molar refractivity (Wildman–Crippen MR) is 125 cm³/mol. The number of aryl methyl sites for hydroxylation is 2. The van der Waals surface area contributed by atoms with Crippen molar-refractivity contribution in [1.29, 1.82) is 0 Å². The van der Waals surface area contributed by atoms with Crippen molar-refractivity contribution < 1.29 is 15.1 Å². The minimum Gasteiger partial charge on any atom is -0.411 e. The smallest absolute Gasteiger partial charge is 0.224 e. The standard InChI is InChI=1S/C26H29N3O3/c1-18-5-3-4-6-23(18)24(17-25(29-32)22-11-12-27-19(2)15-22)21-9-7-20(8-10-21)16-26(31)28-13-14-30/h3-12,15,24,30,32H,13-14,16-17H2,1-2H3,(H,28,31). The second kappa shape index (κ2) is 11.2. The predicted octanol–water partition coefficient (Wildman–Crippen LogP) is 3.75. The number of nitrogens with zero attached hydrogens (tertiary/aromatic N) is 2. The molecular formula is C26H29N3O3. The second-order valence-corrected chi connectivity index (χ2v) is 7.84. The van der Waals surface area contributed by atoms with E-state index in [1.807, 2.05) is 55.5 Å². The summed E-state index contributed by atoms with van der Waals surface area (Å²) < 4.78 is 0. The quantitative estimate of drug-likeness (QED) is 0.273. The average Bonchev–Trinajstić information content (AvgIpc) is 2.80. The van der Waals surface area contributed by atoms with Crippen molar-refractivity contribution in [3.63, 3.8) is 0 Å². The highest BCUT2D eigenvalue weighted by atomic mass is 16.4. The molecule has 1 heterocycles. The van der Waals surface area contributed by atoms with Crippen LogP contribution in [0.5, 0.6) is 0 Å². The molecule has 0 aliphatic carbocycles. The molecule has 0 bridgehead atoms. The number of hydrogen-bond donors (Lipinski definition) is 3. The van der Waals surface area contributed by atoms with Gasteiger partial charge in [-0.05, 0) is 48.2 Å². The molecule has 3 aromatic rings. The van der Waals surface area contributed by atoms with Crippen molar-refractivity contribution in [3.8, 4) is 0 Å². The molecule has 6 nitrogen and oxygen atoms in total. The molecule has 0 aliphatic heterocycles. The van der Waals surface area contributed by atoms with Gasteiger partial charge in [0.15, 0.2) is 0 Å². The van der Waals surface area contributed by atoms with Gasteiger partial charge in [0.2, 0.25) is 5.91 Å². The van der Waals surface area contributed by atoms with E-state index in [1.54, 1.807) is 6.20 Å². The van der Waals surface area contributed by atoms with Gasteiger partial charge in [-0.2, -0.15) is 0 Å². The summed E-state index contributed by atoms with van der Waals surface area (Å²) in [6, 6.07) is 19.9. The van der Waals surface area contributed by atoms with Crippen molar-refractivity contribution in [2.75, 3.05) is 13.2 Å². The highest BCUT2D eigenvalue weighted by Gasteiger charge is 2.20. The maximum Gasteiger partial charge on any atom is 0.224 e. The molecule has 0 radical (unpaired) electrons. The molecule has 0 saturated heterocycles. The summed E-state index contributed by atoms with van der Waals surface area (Å²) in [5, 5.41) is 24.9. The average molecular weight is 432 g/mol. The zero-order chi connectivity index (χ0) is 22.9. The Labute approximate surface area is 188 Å². The number of rotatable bonds is 9. The molecule has 1 amide bonds. The first-order valence-electron chi connectivity index (χ1n) is 10.7. The number of hydrogen-bond acceptors (Lipinski definition) is 5. The van der Waals surface area contributed by atoms with Gasteiger partial charge in [-0.15, -0.1) is 0 Å². The summed E-state index contributed by atoms with van der Waals surface area (Å²) in [6.45, 7) is 4.17. The number of amides is 1. The molecule has 3 N–H and O–H groups in total.